The van der Waals surface area contributed by atoms with Gasteiger partial charge in [-0.15, -0.1) is 0 Å². The number of aromatic nitrogens is 1. The molecule has 6 rings (SSSR count). The second kappa shape index (κ2) is 8.28. The second-order valence-corrected chi connectivity index (χ2v) is 13.7. The van der Waals surface area contributed by atoms with Crippen LogP contribution in [0.5, 0.6) is 0 Å². The van der Waals surface area contributed by atoms with Gasteiger partial charge in [0.15, 0.2) is 0 Å². The third-order valence-corrected chi connectivity index (χ3v) is 11.6. The molecule has 2 saturated carbocycles. The Kier molecular flexibility index (Phi) is 5.58. The molecule has 7 atom stereocenters. The Morgan fingerprint density at radius 1 is 0.971 bits per heavy atom. The van der Waals surface area contributed by atoms with Crippen molar-refractivity contribution < 1.29 is 0 Å². The molecule has 34 heavy (non-hydrogen) atoms. The van der Waals surface area contributed by atoms with Gasteiger partial charge in [0.05, 0.1) is 0 Å². The number of aromatic amines is 1. The lowest BCUT2D eigenvalue weighted by Crippen LogP contribution is -2.49. The lowest BCUT2D eigenvalue weighted by molar-refractivity contribution is -0.0392. The molecule has 184 valence electrons. The fourth-order valence-corrected chi connectivity index (χ4v) is 9.90. The van der Waals surface area contributed by atoms with Crippen LogP contribution in [0.4, 0.5) is 0 Å². The molecule has 1 heterocycles. The van der Waals surface area contributed by atoms with Gasteiger partial charge < -0.3 is 4.98 Å². The van der Waals surface area contributed by atoms with Gasteiger partial charge in [-0.05, 0) is 103 Å². The highest BCUT2D eigenvalue weighted by Gasteiger charge is 2.59. The van der Waals surface area contributed by atoms with Crippen LogP contribution in [-0.2, 0) is 6.42 Å². The van der Waals surface area contributed by atoms with Gasteiger partial charge in [-0.25, -0.2) is 0 Å². The Morgan fingerprint density at radius 3 is 2.62 bits per heavy atom. The van der Waals surface area contributed by atoms with E-state index in [0.717, 1.165) is 35.5 Å². The molecule has 0 aliphatic heterocycles. The number of H-pyrrole nitrogens is 1. The maximum atomic E-state index is 3.78. The number of hydrogen-bond acceptors (Lipinski definition) is 0. The van der Waals surface area contributed by atoms with E-state index >= 15 is 0 Å². The molecule has 2 aromatic rings. The molecular formula is C33H47N. The summed E-state index contributed by atoms with van der Waals surface area (Å²) in [5.74, 6) is 5.44. The Balaban J connectivity index is 1.28. The Hall–Kier alpha value is -1.50. The first kappa shape index (κ1) is 22.9. The Morgan fingerprint density at radius 2 is 1.79 bits per heavy atom. The zero-order valence-electron chi connectivity index (χ0n) is 22.4. The summed E-state index contributed by atoms with van der Waals surface area (Å²) in [7, 11) is 0. The molecule has 1 aromatic heterocycles. The van der Waals surface area contributed by atoms with Crippen LogP contribution < -0.4 is 0 Å². The maximum Gasteiger partial charge on any atom is 0.0462 e. The molecular weight excluding hydrogens is 410 g/mol. The normalized spacial score (nSPS) is 37.6. The fourth-order valence-electron chi connectivity index (χ4n) is 9.90. The molecule has 1 aromatic carbocycles. The van der Waals surface area contributed by atoms with E-state index < -0.39 is 0 Å². The molecule has 1 N–H and O–H groups in total. The first-order valence-electron chi connectivity index (χ1n) is 14.6. The number of benzene rings is 1. The van der Waals surface area contributed by atoms with Crippen molar-refractivity contribution in [1.29, 1.82) is 0 Å². The molecule has 0 bridgehead atoms. The minimum Gasteiger partial charge on any atom is -0.358 e. The van der Waals surface area contributed by atoms with Crippen molar-refractivity contribution in [2.75, 3.05) is 0 Å². The van der Waals surface area contributed by atoms with E-state index in [9.17, 15) is 0 Å². The van der Waals surface area contributed by atoms with Gasteiger partial charge in [-0.2, -0.15) is 0 Å². The first-order valence-corrected chi connectivity index (χ1v) is 14.6. The summed E-state index contributed by atoms with van der Waals surface area (Å²) in [5, 5.41) is 1.46. The van der Waals surface area contributed by atoms with Crippen molar-refractivity contribution in [3.63, 3.8) is 0 Å². The van der Waals surface area contributed by atoms with Crippen LogP contribution in [0.2, 0.25) is 0 Å². The standard InChI is InChI=1S/C33H47N/c1-21(2)9-8-10-22(3)25-15-16-26-23-13-14-28-31-24-11-6-7-12-29(24)34-30(31)18-20-33(28,5)27(23)17-19-32(25,26)4/h6-7,11-12,14,21-23,25-27,34H,8-10,13,15-20H2,1-5H3/t22-,23+,25-,26+,27+,32-,33-/m1/s1. The van der Waals surface area contributed by atoms with Gasteiger partial charge >= 0.3 is 0 Å². The molecule has 0 unspecified atom stereocenters. The zero-order chi connectivity index (χ0) is 23.7. The number of nitrogens with one attached hydrogen (secondary N) is 1. The maximum absolute atomic E-state index is 3.78. The van der Waals surface area contributed by atoms with E-state index in [1.807, 2.05) is 0 Å². The van der Waals surface area contributed by atoms with Gasteiger partial charge in [-0.3, -0.25) is 0 Å². The van der Waals surface area contributed by atoms with E-state index in [-0.39, 0.29) is 0 Å². The minimum absolute atomic E-state index is 0.364. The summed E-state index contributed by atoms with van der Waals surface area (Å²) in [5.41, 5.74) is 7.07. The van der Waals surface area contributed by atoms with Crippen LogP contribution in [0.3, 0.4) is 0 Å². The summed E-state index contributed by atoms with van der Waals surface area (Å²) >= 11 is 0. The average molecular weight is 458 g/mol. The lowest BCUT2D eigenvalue weighted by Gasteiger charge is -2.58. The van der Waals surface area contributed by atoms with Crippen molar-refractivity contribution >= 4 is 16.5 Å². The predicted molar refractivity (Wildman–Crippen MR) is 146 cm³/mol. The first-order chi connectivity index (χ1) is 16.3. The van der Waals surface area contributed by atoms with Crippen molar-refractivity contribution in [3.8, 4) is 0 Å². The van der Waals surface area contributed by atoms with Crippen LogP contribution in [0.1, 0.15) is 104 Å². The fraction of sp³-hybridized carbons (Fsp3) is 0.697. The van der Waals surface area contributed by atoms with Crippen molar-refractivity contribution in [1.82, 2.24) is 4.98 Å². The lowest BCUT2D eigenvalue weighted by atomic mass is 9.47. The molecule has 0 amide bonds. The third kappa shape index (κ3) is 3.31. The highest BCUT2D eigenvalue weighted by atomic mass is 14.7. The van der Waals surface area contributed by atoms with Gasteiger partial charge in [0.25, 0.3) is 0 Å². The van der Waals surface area contributed by atoms with Crippen LogP contribution in [0, 0.1) is 46.3 Å². The largest absolute Gasteiger partial charge is 0.358 e. The Labute approximate surface area is 208 Å². The van der Waals surface area contributed by atoms with E-state index in [2.05, 4.69) is 69.9 Å². The number of fused-ring (bicyclic) bond motifs is 9. The van der Waals surface area contributed by atoms with Gasteiger partial charge in [-0.1, -0.05) is 78.2 Å². The molecule has 0 spiro atoms. The second-order valence-electron chi connectivity index (χ2n) is 13.7. The molecule has 4 aliphatic rings. The van der Waals surface area contributed by atoms with Crippen molar-refractivity contribution in [2.45, 2.75) is 98.8 Å². The predicted octanol–water partition coefficient (Wildman–Crippen LogP) is 9.43. The molecule has 2 fully saturated rings. The molecule has 1 nitrogen and oxygen atoms in total. The third-order valence-electron chi connectivity index (χ3n) is 11.6. The van der Waals surface area contributed by atoms with Crippen molar-refractivity contribution in [3.05, 3.63) is 41.6 Å². The van der Waals surface area contributed by atoms with E-state index in [1.54, 1.807) is 11.1 Å². The topological polar surface area (TPSA) is 15.8 Å². The van der Waals surface area contributed by atoms with Gasteiger partial charge in [0, 0.05) is 22.2 Å². The number of para-hydroxylation sites is 1. The quantitative estimate of drug-likeness (QED) is 0.460. The molecule has 1 heteroatoms. The number of hydrogen-bond donors (Lipinski definition) is 1. The smallest absolute Gasteiger partial charge is 0.0462 e. The Bertz CT molecular complexity index is 1090. The van der Waals surface area contributed by atoms with Crippen LogP contribution in [0.15, 0.2) is 30.3 Å². The summed E-state index contributed by atoms with van der Waals surface area (Å²) in [6.07, 6.45) is 16.8. The van der Waals surface area contributed by atoms with Gasteiger partial charge in [0.2, 0.25) is 0 Å². The number of aryl methyl sites for hydroxylation is 1. The number of rotatable bonds is 5. The highest BCUT2D eigenvalue weighted by Crippen LogP contribution is 2.68. The van der Waals surface area contributed by atoms with Crippen LogP contribution in [0.25, 0.3) is 16.5 Å². The van der Waals surface area contributed by atoms with E-state index in [1.165, 1.54) is 80.8 Å². The average Bonchev–Trinajstić information content (AvgIpc) is 3.36. The monoisotopic (exact) mass is 457 g/mol. The summed E-state index contributed by atoms with van der Waals surface area (Å²) in [4.78, 5) is 3.78. The summed E-state index contributed by atoms with van der Waals surface area (Å²) in [6.45, 7) is 12.8. The van der Waals surface area contributed by atoms with E-state index in [4.69, 9.17) is 0 Å². The minimum atomic E-state index is 0.364. The molecule has 4 aliphatic carbocycles. The van der Waals surface area contributed by atoms with Gasteiger partial charge in [0.1, 0.15) is 0 Å². The number of allylic oxidation sites excluding steroid dienone is 2. The SMILES string of the molecule is CC(C)CCC[C@@H](C)[C@H]1CC[C@H]2[C@@H]3CC=C4c5c([nH]c6ccccc56)CC[C@]4(C)[C@H]3CC[C@]12C. The van der Waals surface area contributed by atoms with E-state index in [0.29, 0.717) is 10.8 Å². The van der Waals surface area contributed by atoms with Crippen molar-refractivity contribution in [2.24, 2.45) is 46.3 Å². The summed E-state index contributed by atoms with van der Waals surface area (Å²) < 4.78 is 0. The zero-order valence-corrected chi connectivity index (χ0v) is 22.4. The molecule has 0 saturated heterocycles. The van der Waals surface area contributed by atoms with Crippen LogP contribution >= 0.6 is 0 Å². The summed E-state index contributed by atoms with van der Waals surface area (Å²) in [6, 6.07) is 9.02. The highest BCUT2D eigenvalue weighted by molar-refractivity contribution is 5.96. The molecule has 0 radical (unpaired) electrons. The van der Waals surface area contributed by atoms with Crippen LogP contribution in [-0.4, -0.2) is 4.98 Å².